The first-order valence-corrected chi connectivity index (χ1v) is 17.4. The van der Waals surface area contributed by atoms with Crippen LogP contribution in [0.2, 0.25) is 0 Å². The summed E-state index contributed by atoms with van der Waals surface area (Å²) in [5, 5.41) is 7.70. The van der Waals surface area contributed by atoms with Crippen molar-refractivity contribution in [3.05, 3.63) is 174 Å². The van der Waals surface area contributed by atoms with Crippen LogP contribution in [0.3, 0.4) is 0 Å². The fourth-order valence-electron chi connectivity index (χ4n) is 9.14. The first-order valence-electron chi connectivity index (χ1n) is 17.4. The lowest BCUT2D eigenvalue weighted by atomic mass is 9.82. The van der Waals surface area contributed by atoms with E-state index in [9.17, 15) is 0 Å². The summed E-state index contributed by atoms with van der Waals surface area (Å²) < 4.78 is 0. The van der Waals surface area contributed by atoms with Gasteiger partial charge in [-0.25, -0.2) is 0 Å². The summed E-state index contributed by atoms with van der Waals surface area (Å²) in [6, 6.07) is 56.9. The van der Waals surface area contributed by atoms with Gasteiger partial charge in [-0.15, -0.1) is 0 Å². The fourth-order valence-corrected chi connectivity index (χ4v) is 9.14. The molecule has 1 heteroatoms. The van der Waals surface area contributed by atoms with Gasteiger partial charge in [-0.1, -0.05) is 149 Å². The normalized spacial score (nSPS) is 14.9. The van der Waals surface area contributed by atoms with Crippen LogP contribution in [-0.4, -0.2) is 0 Å². The van der Waals surface area contributed by atoms with E-state index in [1.165, 1.54) is 88.2 Å². The molecule has 0 spiro atoms. The van der Waals surface area contributed by atoms with Crippen LogP contribution >= 0.6 is 0 Å². The molecular formula is C48H37N. The van der Waals surface area contributed by atoms with Crippen LogP contribution in [0.1, 0.15) is 49.9 Å². The summed E-state index contributed by atoms with van der Waals surface area (Å²) >= 11 is 0. The average molecular weight is 628 g/mol. The second kappa shape index (κ2) is 9.94. The van der Waals surface area contributed by atoms with Crippen LogP contribution < -0.4 is 4.90 Å². The van der Waals surface area contributed by atoms with Crippen LogP contribution in [0.4, 0.5) is 17.1 Å². The maximum Gasteiger partial charge on any atom is 0.0543 e. The molecule has 0 bridgehead atoms. The molecule has 2 aliphatic rings. The molecule has 10 rings (SSSR count). The number of fused-ring (bicyclic) bond motifs is 11. The van der Waals surface area contributed by atoms with Gasteiger partial charge in [0.25, 0.3) is 0 Å². The summed E-state index contributed by atoms with van der Waals surface area (Å²) in [5.41, 5.74) is 14.3. The molecule has 49 heavy (non-hydrogen) atoms. The Bertz CT molecular complexity index is 2670. The van der Waals surface area contributed by atoms with Gasteiger partial charge >= 0.3 is 0 Å². The smallest absolute Gasteiger partial charge is 0.0543 e. The molecule has 0 fully saturated rings. The van der Waals surface area contributed by atoms with Crippen molar-refractivity contribution in [2.24, 2.45) is 0 Å². The van der Waals surface area contributed by atoms with Crippen LogP contribution in [0.5, 0.6) is 0 Å². The Morgan fingerprint density at radius 1 is 0.388 bits per heavy atom. The summed E-state index contributed by atoms with van der Waals surface area (Å²) in [6.45, 7) is 9.48. The second-order valence-electron chi connectivity index (χ2n) is 15.0. The molecular weight excluding hydrogens is 591 g/mol. The van der Waals surface area contributed by atoms with Crippen LogP contribution in [0.15, 0.2) is 152 Å². The van der Waals surface area contributed by atoms with E-state index in [2.05, 4.69) is 184 Å². The van der Waals surface area contributed by atoms with E-state index in [4.69, 9.17) is 0 Å². The molecule has 0 atom stereocenters. The van der Waals surface area contributed by atoms with Crippen molar-refractivity contribution in [3.8, 4) is 22.3 Å². The van der Waals surface area contributed by atoms with Crippen molar-refractivity contribution < 1.29 is 0 Å². The molecule has 8 aromatic rings. The Morgan fingerprint density at radius 3 is 1.80 bits per heavy atom. The molecule has 0 radical (unpaired) electrons. The molecule has 0 aliphatic heterocycles. The van der Waals surface area contributed by atoms with Gasteiger partial charge in [-0.3, -0.25) is 0 Å². The van der Waals surface area contributed by atoms with Gasteiger partial charge in [0, 0.05) is 27.8 Å². The minimum absolute atomic E-state index is 0.0848. The zero-order valence-electron chi connectivity index (χ0n) is 28.4. The molecule has 0 saturated heterocycles. The molecule has 0 saturated carbocycles. The number of benzene rings is 8. The predicted octanol–water partition coefficient (Wildman–Crippen LogP) is 13.2. The van der Waals surface area contributed by atoms with Crippen LogP contribution in [0, 0.1) is 0 Å². The minimum atomic E-state index is -0.0931. The van der Waals surface area contributed by atoms with Crippen molar-refractivity contribution in [1.29, 1.82) is 0 Å². The molecule has 0 N–H and O–H groups in total. The van der Waals surface area contributed by atoms with Crippen molar-refractivity contribution in [3.63, 3.8) is 0 Å². The lowest BCUT2D eigenvalue weighted by molar-refractivity contribution is 0.660. The fraction of sp³-hybridized carbons (Fsp3) is 0.125. The summed E-state index contributed by atoms with van der Waals surface area (Å²) in [5.74, 6) is 0. The third kappa shape index (κ3) is 3.88. The molecule has 234 valence electrons. The Labute approximate surface area is 288 Å². The summed E-state index contributed by atoms with van der Waals surface area (Å²) in [7, 11) is 0. The molecule has 0 heterocycles. The number of hydrogen-bond donors (Lipinski definition) is 0. The highest BCUT2D eigenvalue weighted by atomic mass is 15.1. The van der Waals surface area contributed by atoms with Crippen molar-refractivity contribution in [1.82, 2.24) is 0 Å². The third-order valence-electron chi connectivity index (χ3n) is 11.6. The van der Waals surface area contributed by atoms with Gasteiger partial charge < -0.3 is 4.90 Å². The van der Waals surface area contributed by atoms with Gasteiger partial charge in [0.1, 0.15) is 0 Å². The minimum Gasteiger partial charge on any atom is -0.310 e. The van der Waals surface area contributed by atoms with E-state index in [-0.39, 0.29) is 10.8 Å². The molecule has 0 aromatic heterocycles. The summed E-state index contributed by atoms with van der Waals surface area (Å²) in [6.07, 6.45) is 0. The van der Waals surface area contributed by atoms with Gasteiger partial charge in [-0.2, -0.15) is 0 Å². The predicted molar refractivity (Wildman–Crippen MR) is 209 cm³/mol. The van der Waals surface area contributed by atoms with E-state index in [1.807, 2.05) is 0 Å². The number of anilines is 3. The highest BCUT2D eigenvalue weighted by Crippen LogP contribution is 2.56. The van der Waals surface area contributed by atoms with Crippen LogP contribution in [0.25, 0.3) is 54.6 Å². The highest BCUT2D eigenvalue weighted by molar-refractivity contribution is 6.20. The Hall–Kier alpha value is -5.66. The van der Waals surface area contributed by atoms with Gasteiger partial charge in [0.15, 0.2) is 0 Å². The van der Waals surface area contributed by atoms with E-state index < -0.39 is 0 Å². The Morgan fingerprint density at radius 2 is 0.959 bits per heavy atom. The molecule has 8 aromatic carbocycles. The zero-order valence-corrected chi connectivity index (χ0v) is 28.4. The first-order chi connectivity index (χ1) is 23.8. The first kappa shape index (κ1) is 28.4. The largest absolute Gasteiger partial charge is 0.310 e. The molecule has 2 aliphatic carbocycles. The SMILES string of the molecule is CC1(C)c2ccccc2-c2ccc(N(c3ccc4c(ccc5ccc6ccccc6c54)c3)c3cccc4c3-c3ccccc3C4(C)C)cc21. The topological polar surface area (TPSA) is 3.24 Å². The maximum atomic E-state index is 2.52. The number of rotatable bonds is 3. The third-order valence-corrected chi connectivity index (χ3v) is 11.6. The standard InChI is InChI=1S/C48H37N/c1-47(2)41-17-10-8-15-39(41)46-42(47)18-11-19-44(46)49(34-25-27-38-37-14-7-9-16-40(37)48(3,4)43(38)29-34)33-24-26-36-32(28-33)23-22-31-21-20-30-12-5-6-13-35(30)45(31)36/h5-29H,1-4H3. The Balaban J connectivity index is 1.25. The van der Waals surface area contributed by atoms with Crippen molar-refractivity contribution >= 4 is 49.4 Å². The Kier molecular flexibility index (Phi) is 5.75. The second-order valence-corrected chi connectivity index (χ2v) is 15.0. The van der Waals surface area contributed by atoms with E-state index in [0.29, 0.717) is 0 Å². The highest BCUT2D eigenvalue weighted by Gasteiger charge is 2.39. The molecule has 1 nitrogen and oxygen atoms in total. The van der Waals surface area contributed by atoms with Gasteiger partial charge in [0.05, 0.1) is 5.69 Å². The number of hydrogen-bond acceptors (Lipinski definition) is 1. The molecule has 0 unspecified atom stereocenters. The van der Waals surface area contributed by atoms with Crippen molar-refractivity contribution in [2.75, 3.05) is 4.90 Å². The van der Waals surface area contributed by atoms with Crippen molar-refractivity contribution in [2.45, 2.75) is 38.5 Å². The van der Waals surface area contributed by atoms with E-state index in [0.717, 1.165) is 5.69 Å². The van der Waals surface area contributed by atoms with E-state index in [1.54, 1.807) is 0 Å². The average Bonchev–Trinajstić information content (AvgIpc) is 3.51. The molecule has 0 amide bonds. The van der Waals surface area contributed by atoms with Gasteiger partial charge in [0.2, 0.25) is 0 Å². The lowest BCUT2D eigenvalue weighted by Gasteiger charge is -2.30. The maximum absolute atomic E-state index is 2.52. The van der Waals surface area contributed by atoms with Crippen LogP contribution in [-0.2, 0) is 10.8 Å². The quantitative estimate of drug-likeness (QED) is 0.176. The van der Waals surface area contributed by atoms with E-state index >= 15 is 0 Å². The lowest BCUT2D eigenvalue weighted by Crippen LogP contribution is -2.17. The summed E-state index contributed by atoms with van der Waals surface area (Å²) in [4.78, 5) is 2.52. The zero-order chi connectivity index (χ0) is 33.1. The van der Waals surface area contributed by atoms with Gasteiger partial charge in [-0.05, 0) is 102 Å². The monoisotopic (exact) mass is 627 g/mol. The number of nitrogens with zero attached hydrogens (tertiary/aromatic N) is 1.